The van der Waals surface area contributed by atoms with E-state index in [1.54, 1.807) is 14.1 Å². The monoisotopic (exact) mass is 593 g/mol. The van der Waals surface area contributed by atoms with E-state index in [4.69, 9.17) is 10.5 Å². The molecule has 0 spiro atoms. The molecule has 0 aliphatic rings. The number of ether oxygens (including phenoxy) is 1. The van der Waals surface area contributed by atoms with Gasteiger partial charge in [-0.05, 0) is 36.5 Å². The number of nitrogens with one attached hydrogen (secondary N) is 2. The maximum absolute atomic E-state index is 14.0. The maximum atomic E-state index is 14.0. The molecule has 2 atom stereocenters. The highest BCUT2D eigenvalue weighted by Gasteiger charge is 2.23. The van der Waals surface area contributed by atoms with Gasteiger partial charge >= 0.3 is 6.03 Å². The molecule has 6 N–H and O–H groups in total. The lowest BCUT2D eigenvalue weighted by Crippen LogP contribution is -2.33. The Hall–Kier alpha value is -2.88. The molecule has 36 heavy (non-hydrogen) atoms. The van der Waals surface area contributed by atoms with Gasteiger partial charge in [-0.15, -0.1) is 0 Å². The van der Waals surface area contributed by atoms with E-state index in [9.17, 15) is 33.4 Å². The number of nitrogens with two attached hydrogens (primary N) is 1. The third kappa shape index (κ3) is 8.65. The van der Waals surface area contributed by atoms with Crippen molar-refractivity contribution in [3.8, 4) is 5.88 Å². The fraction of sp³-hybridized carbons (Fsp3) is 0.429. The summed E-state index contributed by atoms with van der Waals surface area (Å²) in [5.41, 5.74) is 4.70. The first-order chi connectivity index (χ1) is 16.9. The van der Waals surface area contributed by atoms with E-state index in [0.29, 0.717) is 11.5 Å². The molecule has 0 aliphatic heterocycles. The minimum Gasteiger partial charge on any atom is -0.471 e. The topological polar surface area (TPSA) is 167 Å². The van der Waals surface area contributed by atoms with Crippen LogP contribution in [0.5, 0.6) is 5.88 Å². The van der Waals surface area contributed by atoms with Crippen LogP contribution in [-0.2, 0) is 11.4 Å². The second kappa shape index (κ2) is 13.4. The van der Waals surface area contributed by atoms with E-state index < -0.39 is 42.4 Å². The van der Waals surface area contributed by atoms with Gasteiger partial charge in [0.25, 0.3) is 5.91 Å². The summed E-state index contributed by atoms with van der Waals surface area (Å²) in [6.07, 6.45) is -2.10. The number of hydrogen-bond acceptors (Lipinski definition) is 8. The highest BCUT2D eigenvalue weighted by molar-refractivity contribution is 9.10. The van der Waals surface area contributed by atoms with Crippen molar-refractivity contribution in [3.63, 3.8) is 0 Å². The number of carbonyl (C=O) groups is 3. The first kappa shape index (κ1) is 29.4. The Morgan fingerprint density at radius 1 is 1.22 bits per heavy atom. The highest BCUT2D eigenvalue weighted by atomic mass is 79.9. The molecule has 0 aliphatic carbocycles. The fourth-order valence-corrected chi connectivity index (χ4v) is 4.06. The van der Waals surface area contributed by atoms with Crippen LogP contribution in [-0.4, -0.2) is 70.2 Å². The van der Waals surface area contributed by atoms with Crippen LogP contribution >= 0.6 is 27.5 Å². The van der Waals surface area contributed by atoms with Crippen LogP contribution in [0.4, 0.5) is 18.6 Å². The number of nitrogens with zero attached hydrogens (tertiary/aromatic N) is 2. The summed E-state index contributed by atoms with van der Waals surface area (Å²) in [4.78, 5) is 37.0. The molecular formula is C21H26BrF2N5O6S. The Bertz CT molecular complexity index is 1080. The third-order valence-corrected chi connectivity index (χ3v) is 6.01. The predicted octanol–water partition coefficient (Wildman–Crippen LogP) is 1.96. The van der Waals surface area contributed by atoms with Gasteiger partial charge in [0.2, 0.25) is 11.8 Å². The molecule has 0 fully saturated rings. The highest BCUT2D eigenvalue weighted by Crippen LogP contribution is 2.31. The maximum Gasteiger partial charge on any atom is 0.319 e. The number of amides is 4. The van der Waals surface area contributed by atoms with E-state index in [2.05, 4.69) is 30.9 Å². The lowest BCUT2D eigenvalue weighted by molar-refractivity contribution is -0.131. The Morgan fingerprint density at radius 2 is 1.86 bits per heavy atom. The van der Waals surface area contributed by atoms with Crippen molar-refractivity contribution in [2.45, 2.75) is 38.1 Å². The average molecular weight is 594 g/mol. The SMILES string of the molecule is CN(C)C(=O)C[C@H](O)C[C@H](O)CCNC(=O)Nc1snc(OCc2c(F)cc(Br)cc2F)c1C(N)=O. The Morgan fingerprint density at radius 3 is 2.44 bits per heavy atom. The zero-order valence-electron chi connectivity index (χ0n) is 19.4. The zero-order chi connectivity index (χ0) is 27.0. The van der Waals surface area contributed by atoms with Crippen LogP contribution in [0.25, 0.3) is 0 Å². The van der Waals surface area contributed by atoms with E-state index in [1.807, 2.05) is 0 Å². The van der Waals surface area contributed by atoms with Crippen molar-refractivity contribution in [1.29, 1.82) is 0 Å². The minimum atomic E-state index is -1.03. The third-order valence-electron chi connectivity index (χ3n) is 4.81. The molecule has 0 unspecified atom stereocenters. The van der Waals surface area contributed by atoms with Gasteiger partial charge in [0.1, 0.15) is 28.8 Å². The van der Waals surface area contributed by atoms with Crippen LogP contribution in [0.3, 0.4) is 0 Å². The Labute approximate surface area is 217 Å². The van der Waals surface area contributed by atoms with Gasteiger partial charge in [0.05, 0.1) is 24.2 Å². The summed E-state index contributed by atoms with van der Waals surface area (Å²) in [5.74, 6) is -3.30. The number of primary amides is 1. The first-order valence-corrected chi connectivity index (χ1v) is 12.1. The number of anilines is 1. The molecule has 2 aromatic rings. The minimum absolute atomic E-state index is 0.0114. The van der Waals surface area contributed by atoms with Gasteiger partial charge in [-0.3, -0.25) is 14.9 Å². The second-order valence-electron chi connectivity index (χ2n) is 7.90. The Balaban J connectivity index is 1.90. The van der Waals surface area contributed by atoms with Crippen molar-refractivity contribution in [2.24, 2.45) is 5.73 Å². The first-order valence-electron chi connectivity index (χ1n) is 10.6. The summed E-state index contributed by atoms with van der Waals surface area (Å²) < 4.78 is 37.4. The summed E-state index contributed by atoms with van der Waals surface area (Å²) in [5, 5.41) is 24.7. The van der Waals surface area contributed by atoms with Gasteiger partial charge in [-0.2, -0.15) is 4.37 Å². The largest absolute Gasteiger partial charge is 0.471 e. The van der Waals surface area contributed by atoms with E-state index >= 15 is 0 Å². The smallest absolute Gasteiger partial charge is 0.319 e. The number of urea groups is 1. The fourth-order valence-electron chi connectivity index (χ4n) is 2.93. The summed E-state index contributed by atoms with van der Waals surface area (Å²) >= 11 is 3.65. The molecule has 0 saturated carbocycles. The lowest BCUT2D eigenvalue weighted by Gasteiger charge is -2.17. The molecule has 0 radical (unpaired) electrons. The summed E-state index contributed by atoms with van der Waals surface area (Å²) in [6, 6.07) is 1.36. The number of benzene rings is 1. The van der Waals surface area contributed by atoms with E-state index in [1.165, 1.54) is 4.90 Å². The molecule has 1 aromatic carbocycles. The number of aliphatic hydroxyl groups is 2. The normalized spacial score (nSPS) is 12.5. The van der Waals surface area contributed by atoms with Crippen molar-refractivity contribution in [3.05, 3.63) is 39.4 Å². The van der Waals surface area contributed by atoms with Crippen LogP contribution in [0.15, 0.2) is 16.6 Å². The van der Waals surface area contributed by atoms with Crippen molar-refractivity contribution >= 4 is 50.3 Å². The summed E-state index contributed by atoms with van der Waals surface area (Å²) in [7, 11) is 3.11. The van der Waals surface area contributed by atoms with Gasteiger partial charge in [-0.25, -0.2) is 13.6 Å². The zero-order valence-corrected chi connectivity index (χ0v) is 21.8. The Kier molecular flexibility index (Phi) is 11.0. The molecule has 11 nitrogen and oxygen atoms in total. The average Bonchev–Trinajstić information content (AvgIpc) is 3.15. The molecule has 15 heteroatoms. The molecule has 0 bridgehead atoms. The number of aromatic nitrogens is 1. The number of hydrogen-bond donors (Lipinski definition) is 5. The van der Waals surface area contributed by atoms with Crippen molar-refractivity contribution < 1.29 is 38.1 Å². The van der Waals surface area contributed by atoms with Gasteiger partial charge in [-0.1, -0.05) is 15.9 Å². The van der Waals surface area contributed by atoms with Gasteiger partial charge in [0.15, 0.2) is 0 Å². The molecule has 4 amide bonds. The summed E-state index contributed by atoms with van der Waals surface area (Å²) in [6.45, 7) is -0.567. The second-order valence-corrected chi connectivity index (χ2v) is 9.59. The van der Waals surface area contributed by atoms with Crippen molar-refractivity contribution in [1.82, 2.24) is 14.6 Å². The molecule has 1 aromatic heterocycles. The standard InChI is InChI=1S/C21H26BrF2N5O6S/c1-29(2)16(32)8-12(31)7-11(30)3-4-26-21(34)27-20-17(18(25)33)19(28-36-20)35-9-13-14(23)5-10(22)6-15(13)24/h5-6,11-12,30-31H,3-4,7-9H2,1-2H3,(H2,25,33)(H2,26,27,34)/t11-,12-/m1/s1. The van der Waals surface area contributed by atoms with Gasteiger partial charge < -0.3 is 30.9 Å². The number of aliphatic hydroxyl groups excluding tert-OH is 2. The lowest BCUT2D eigenvalue weighted by atomic mass is 10.1. The molecule has 1 heterocycles. The van der Waals surface area contributed by atoms with Crippen LogP contribution in [0.2, 0.25) is 0 Å². The van der Waals surface area contributed by atoms with Crippen LogP contribution < -0.4 is 21.1 Å². The predicted molar refractivity (Wildman–Crippen MR) is 131 cm³/mol. The molecule has 2 rings (SSSR count). The molecule has 0 saturated heterocycles. The van der Waals surface area contributed by atoms with E-state index in [-0.39, 0.29) is 58.2 Å². The number of halogens is 3. The molecular weight excluding hydrogens is 568 g/mol. The van der Waals surface area contributed by atoms with Crippen LogP contribution in [0.1, 0.15) is 35.2 Å². The van der Waals surface area contributed by atoms with Crippen LogP contribution in [0, 0.1) is 11.6 Å². The number of carbonyl (C=O) groups excluding carboxylic acids is 3. The van der Waals surface area contributed by atoms with Gasteiger partial charge in [0, 0.05) is 25.1 Å². The van der Waals surface area contributed by atoms with E-state index in [0.717, 1.165) is 12.1 Å². The number of rotatable bonds is 12. The quantitative estimate of drug-likeness (QED) is 0.251. The van der Waals surface area contributed by atoms with Crippen molar-refractivity contribution in [2.75, 3.05) is 26.0 Å². The molecule has 198 valence electrons.